The molecule has 0 aromatic rings. The highest BCUT2D eigenvalue weighted by Crippen LogP contribution is 2.50. The molecule has 15 heavy (non-hydrogen) atoms. The summed E-state index contributed by atoms with van der Waals surface area (Å²) >= 11 is 0. The van der Waals surface area contributed by atoms with Crippen LogP contribution in [0, 0.1) is 5.92 Å². The zero-order chi connectivity index (χ0) is 11.3. The summed E-state index contributed by atoms with van der Waals surface area (Å²) in [5, 5.41) is 9.33. The molecule has 0 spiro atoms. The van der Waals surface area contributed by atoms with Crippen molar-refractivity contribution in [3.05, 3.63) is 0 Å². The van der Waals surface area contributed by atoms with Crippen molar-refractivity contribution in [3.8, 4) is 0 Å². The average molecular weight is 213 g/mol. The van der Waals surface area contributed by atoms with E-state index in [0.717, 1.165) is 19.4 Å². The molecule has 2 bridgehead atoms. The fourth-order valence-corrected chi connectivity index (χ4v) is 2.62. The number of fused-ring (bicyclic) bond motifs is 1. The van der Waals surface area contributed by atoms with E-state index < -0.39 is 5.60 Å². The number of hydrogen-bond acceptors (Lipinski definition) is 3. The number of ether oxygens (including phenoxy) is 1. The highest BCUT2D eigenvalue weighted by Gasteiger charge is 2.58. The van der Waals surface area contributed by atoms with Crippen LogP contribution in [0.15, 0.2) is 0 Å². The number of aliphatic hydroxyl groups excluding tert-OH is 1. The second-order valence-corrected chi connectivity index (χ2v) is 5.75. The van der Waals surface area contributed by atoms with Crippen molar-refractivity contribution in [1.29, 1.82) is 0 Å². The zero-order valence-electron chi connectivity index (χ0n) is 9.62. The van der Waals surface area contributed by atoms with Gasteiger partial charge in [-0.3, -0.25) is 4.90 Å². The van der Waals surface area contributed by atoms with Gasteiger partial charge in [-0.25, -0.2) is 4.79 Å². The maximum Gasteiger partial charge on any atom is 0.410 e. The van der Waals surface area contributed by atoms with Crippen LogP contribution in [0.4, 0.5) is 4.79 Å². The summed E-state index contributed by atoms with van der Waals surface area (Å²) in [7, 11) is 0. The molecule has 2 saturated heterocycles. The Bertz CT molecular complexity index is 276. The third-order valence-corrected chi connectivity index (χ3v) is 3.26. The first-order valence-electron chi connectivity index (χ1n) is 5.48. The molecule has 0 radical (unpaired) electrons. The summed E-state index contributed by atoms with van der Waals surface area (Å²) < 4.78 is 5.32. The zero-order valence-corrected chi connectivity index (χ0v) is 9.62. The van der Waals surface area contributed by atoms with E-state index in [2.05, 4.69) is 0 Å². The van der Waals surface area contributed by atoms with Crippen molar-refractivity contribution in [2.75, 3.05) is 13.2 Å². The molecule has 3 aliphatic rings. The molecule has 1 saturated carbocycles. The first kappa shape index (κ1) is 10.7. The Kier molecular flexibility index (Phi) is 2.23. The second-order valence-electron chi connectivity index (χ2n) is 5.75. The molecule has 2 heterocycles. The van der Waals surface area contributed by atoms with Gasteiger partial charge in [-0.1, -0.05) is 0 Å². The number of carbonyl (C=O) groups excluding carboxylic acids is 1. The van der Waals surface area contributed by atoms with Crippen LogP contribution in [-0.2, 0) is 4.74 Å². The molecule has 1 amide bonds. The molecule has 1 N–H and O–H groups in total. The molecule has 86 valence electrons. The van der Waals surface area contributed by atoms with E-state index in [0.29, 0.717) is 5.92 Å². The third kappa shape index (κ3) is 1.71. The van der Waals surface area contributed by atoms with E-state index in [1.165, 1.54) is 0 Å². The van der Waals surface area contributed by atoms with Crippen LogP contribution in [0.5, 0.6) is 0 Å². The minimum Gasteiger partial charge on any atom is -0.444 e. The molecule has 3 rings (SSSR count). The largest absolute Gasteiger partial charge is 0.444 e. The predicted octanol–water partition coefficient (Wildman–Crippen LogP) is 1.38. The van der Waals surface area contributed by atoms with Gasteiger partial charge in [-0.15, -0.1) is 0 Å². The van der Waals surface area contributed by atoms with Crippen LogP contribution in [0.2, 0.25) is 0 Å². The van der Waals surface area contributed by atoms with Crippen LogP contribution in [-0.4, -0.2) is 40.4 Å². The second kappa shape index (κ2) is 3.11. The van der Waals surface area contributed by atoms with E-state index >= 15 is 0 Å². The minimum absolute atomic E-state index is 0.0583. The summed E-state index contributed by atoms with van der Waals surface area (Å²) in [5.41, 5.74) is -0.756. The fraction of sp³-hybridized carbons (Fsp3) is 0.909. The van der Waals surface area contributed by atoms with Crippen molar-refractivity contribution in [2.45, 2.75) is 44.8 Å². The predicted molar refractivity (Wildman–Crippen MR) is 55.5 cm³/mol. The lowest BCUT2D eigenvalue weighted by molar-refractivity contribution is -0.00919. The van der Waals surface area contributed by atoms with Crippen molar-refractivity contribution in [2.24, 2.45) is 5.92 Å². The first-order valence-corrected chi connectivity index (χ1v) is 5.48. The maximum absolute atomic E-state index is 11.9. The molecule has 0 aromatic carbocycles. The Morgan fingerprint density at radius 1 is 1.53 bits per heavy atom. The number of aliphatic hydroxyl groups is 1. The molecular weight excluding hydrogens is 194 g/mol. The Morgan fingerprint density at radius 2 is 2.13 bits per heavy atom. The van der Waals surface area contributed by atoms with Crippen LogP contribution in [0.25, 0.3) is 0 Å². The quantitative estimate of drug-likeness (QED) is 0.716. The van der Waals surface area contributed by atoms with Gasteiger partial charge >= 0.3 is 6.09 Å². The first-order chi connectivity index (χ1) is 6.86. The van der Waals surface area contributed by atoms with Gasteiger partial charge in [0.15, 0.2) is 0 Å². The molecule has 0 atom stereocenters. The lowest BCUT2D eigenvalue weighted by atomic mass is 9.74. The number of rotatable bonds is 1. The monoisotopic (exact) mass is 213 g/mol. The topological polar surface area (TPSA) is 49.8 Å². The maximum atomic E-state index is 11.9. The number of hydrogen-bond donors (Lipinski definition) is 1. The fourth-order valence-electron chi connectivity index (χ4n) is 2.62. The Labute approximate surface area is 90.2 Å². The van der Waals surface area contributed by atoms with Gasteiger partial charge in [-0.05, 0) is 39.5 Å². The molecule has 0 aromatic heterocycles. The van der Waals surface area contributed by atoms with E-state index in [1.807, 2.05) is 20.8 Å². The number of carbonyl (C=O) groups is 1. The summed E-state index contributed by atoms with van der Waals surface area (Å²) in [6.07, 6.45) is 1.59. The molecule has 4 heteroatoms. The van der Waals surface area contributed by atoms with Gasteiger partial charge in [0.1, 0.15) is 5.60 Å². The lowest BCUT2D eigenvalue weighted by Gasteiger charge is -2.40. The highest BCUT2D eigenvalue weighted by atomic mass is 16.6. The SMILES string of the molecule is CC(C)(C)OC(=O)N1CC2CC1(CO)C2. The smallest absolute Gasteiger partial charge is 0.410 e. The van der Waals surface area contributed by atoms with E-state index in [4.69, 9.17) is 4.74 Å². The highest BCUT2D eigenvalue weighted by molar-refractivity contribution is 5.70. The van der Waals surface area contributed by atoms with Crippen LogP contribution < -0.4 is 0 Å². The molecule has 1 aliphatic carbocycles. The molecule has 4 nitrogen and oxygen atoms in total. The average Bonchev–Trinajstić information content (AvgIpc) is 2.52. The Morgan fingerprint density at radius 3 is 2.60 bits per heavy atom. The standard InChI is InChI=1S/C11H19NO3/c1-10(2,3)15-9(14)12-6-8-4-11(12,5-8)7-13/h8,13H,4-7H2,1-3H3. The molecule has 2 aliphatic heterocycles. The van der Waals surface area contributed by atoms with Crippen molar-refractivity contribution in [1.82, 2.24) is 4.90 Å². The Hall–Kier alpha value is -0.770. The molecular formula is C11H19NO3. The summed E-state index contributed by atoms with van der Waals surface area (Å²) in [5.74, 6) is 0.574. The van der Waals surface area contributed by atoms with Gasteiger partial charge in [0.2, 0.25) is 0 Å². The third-order valence-electron chi connectivity index (χ3n) is 3.26. The number of nitrogens with zero attached hydrogens (tertiary/aromatic N) is 1. The lowest BCUT2D eigenvalue weighted by Crippen LogP contribution is -2.52. The van der Waals surface area contributed by atoms with Gasteiger partial charge in [0, 0.05) is 6.54 Å². The number of amides is 1. The van der Waals surface area contributed by atoms with Crippen LogP contribution in [0.3, 0.4) is 0 Å². The summed E-state index contributed by atoms with van der Waals surface area (Å²) in [6, 6.07) is 0. The van der Waals surface area contributed by atoms with Gasteiger partial charge in [0.05, 0.1) is 12.1 Å². The van der Waals surface area contributed by atoms with Crippen LogP contribution in [0.1, 0.15) is 33.6 Å². The molecule has 0 unspecified atom stereocenters. The Balaban J connectivity index is 2.03. The van der Waals surface area contributed by atoms with E-state index in [-0.39, 0.29) is 18.2 Å². The van der Waals surface area contributed by atoms with Crippen molar-refractivity contribution < 1.29 is 14.6 Å². The van der Waals surface area contributed by atoms with Gasteiger partial charge in [-0.2, -0.15) is 0 Å². The van der Waals surface area contributed by atoms with Crippen molar-refractivity contribution in [3.63, 3.8) is 0 Å². The van der Waals surface area contributed by atoms with E-state index in [1.54, 1.807) is 4.90 Å². The van der Waals surface area contributed by atoms with Crippen molar-refractivity contribution >= 4 is 6.09 Å². The van der Waals surface area contributed by atoms with E-state index in [9.17, 15) is 9.90 Å². The molecule has 3 fully saturated rings. The van der Waals surface area contributed by atoms with Gasteiger partial charge < -0.3 is 9.84 Å². The van der Waals surface area contributed by atoms with Crippen LogP contribution >= 0.6 is 0 Å². The summed E-state index contributed by atoms with van der Waals surface area (Å²) in [4.78, 5) is 13.6. The summed E-state index contributed by atoms with van der Waals surface area (Å²) in [6.45, 7) is 6.38. The normalized spacial score (nSPS) is 33.9. The van der Waals surface area contributed by atoms with Gasteiger partial charge in [0.25, 0.3) is 0 Å². The minimum atomic E-state index is -0.458.